The van der Waals surface area contributed by atoms with Crippen molar-refractivity contribution >= 4 is 87.1 Å². The Balaban J connectivity index is 1.25. The third-order valence-electron chi connectivity index (χ3n) is 11.8. The molecular formula is C50H28N2O. The third kappa shape index (κ3) is 3.49. The monoisotopic (exact) mass is 672 g/mol. The van der Waals surface area contributed by atoms with Crippen LogP contribution in [-0.2, 0) is 0 Å². The summed E-state index contributed by atoms with van der Waals surface area (Å²) in [5, 5.41) is 12.1. The van der Waals surface area contributed by atoms with Crippen molar-refractivity contribution in [3.8, 4) is 33.6 Å². The van der Waals surface area contributed by atoms with Crippen LogP contribution in [0, 0.1) is 0 Å². The van der Waals surface area contributed by atoms with E-state index in [4.69, 9.17) is 4.42 Å². The van der Waals surface area contributed by atoms with E-state index < -0.39 is 0 Å². The Bertz CT molecular complexity index is 3570. The molecule has 0 unspecified atom stereocenters. The van der Waals surface area contributed by atoms with Gasteiger partial charge in [0.2, 0.25) is 0 Å². The van der Waals surface area contributed by atoms with Crippen LogP contribution in [0.2, 0.25) is 0 Å². The van der Waals surface area contributed by atoms with Crippen LogP contribution in [0.1, 0.15) is 0 Å². The van der Waals surface area contributed by atoms with Crippen molar-refractivity contribution in [3.63, 3.8) is 0 Å². The lowest BCUT2D eigenvalue weighted by Gasteiger charge is -2.15. The van der Waals surface area contributed by atoms with Crippen molar-refractivity contribution in [2.24, 2.45) is 0 Å². The van der Waals surface area contributed by atoms with E-state index in [1.165, 1.54) is 81.9 Å². The molecule has 244 valence electrons. The summed E-state index contributed by atoms with van der Waals surface area (Å²) in [5.74, 6) is 0. The van der Waals surface area contributed by atoms with E-state index in [-0.39, 0.29) is 0 Å². The molecule has 12 aromatic rings. The average Bonchev–Trinajstić information content (AvgIpc) is 3.95. The smallest absolute Gasteiger partial charge is 0.160 e. The Morgan fingerprint density at radius 2 is 0.962 bits per heavy atom. The molecule has 3 heteroatoms. The summed E-state index contributed by atoms with van der Waals surface area (Å²) in [5.41, 5.74) is 13.9. The molecule has 0 saturated heterocycles. The summed E-state index contributed by atoms with van der Waals surface area (Å²) in [6, 6.07) is 62.3. The number of hydrogen-bond acceptors (Lipinski definition) is 1. The molecule has 0 aliphatic heterocycles. The topological polar surface area (TPSA) is 23.0 Å². The number of para-hydroxylation sites is 2. The Labute approximate surface area is 303 Å². The van der Waals surface area contributed by atoms with Gasteiger partial charge in [-0.05, 0) is 86.3 Å². The summed E-state index contributed by atoms with van der Waals surface area (Å²) in [6.07, 6.45) is 0. The molecule has 0 fully saturated rings. The minimum absolute atomic E-state index is 0.901. The molecule has 3 heterocycles. The molecule has 0 atom stereocenters. The Kier molecular flexibility index (Phi) is 5.11. The second-order valence-electron chi connectivity index (χ2n) is 14.5. The van der Waals surface area contributed by atoms with Crippen molar-refractivity contribution < 1.29 is 4.42 Å². The van der Waals surface area contributed by atoms with E-state index >= 15 is 0 Å². The molecule has 3 nitrogen and oxygen atoms in total. The highest BCUT2D eigenvalue weighted by Crippen LogP contribution is 2.50. The number of hydrogen-bond donors (Lipinski definition) is 0. The lowest BCUT2D eigenvalue weighted by Crippen LogP contribution is -1.99. The number of nitrogens with zero attached hydrogens (tertiary/aromatic N) is 2. The molecule has 0 spiro atoms. The first-order valence-corrected chi connectivity index (χ1v) is 18.3. The molecule has 0 bridgehead atoms. The largest absolute Gasteiger partial charge is 0.454 e. The zero-order valence-electron chi connectivity index (χ0n) is 28.5. The van der Waals surface area contributed by atoms with E-state index in [9.17, 15) is 0 Å². The van der Waals surface area contributed by atoms with Crippen LogP contribution in [0.5, 0.6) is 0 Å². The van der Waals surface area contributed by atoms with E-state index in [2.05, 4.69) is 179 Å². The summed E-state index contributed by atoms with van der Waals surface area (Å²) in [7, 11) is 0. The number of rotatable bonds is 2. The first-order chi connectivity index (χ1) is 26.3. The Morgan fingerprint density at radius 3 is 1.85 bits per heavy atom. The van der Waals surface area contributed by atoms with Gasteiger partial charge in [-0.2, -0.15) is 0 Å². The van der Waals surface area contributed by atoms with Gasteiger partial charge in [-0.3, -0.25) is 0 Å². The van der Waals surface area contributed by atoms with Gasteiger partial charge in [-0.25, -0.2) is 0 Å². The maximum Gasteiger partial charge on any atom is 0.160 e. The molecule has 0 saturated carbocycles. The molecule has 3 aromatic heterocycles. The number of benzene rings is 9. The lowest BCUT2D eigenvalue weighted by atomic mass is 10.0. The van der Waals surface area contributed by atoms with E-state index in [1.54, 1.807) is 0 Å². The van der Waals surface area contributed by atoms with Crippen molar-refractivity contribution in [2.45, 2.75) is 0 Å². The van der Waals surface area contributed by atoms with Gasteiger partial charge in [0.15, 0.2) is 5.58 Å². The lowest BCUT2D eigenvalue weighted by molar-refractivity contribution is 0.671. The maximum atomic E-state index is 6.82. The van der Waals surface area contributed by atoms with Crippen LogP contribution in [0.25, 0.3) is 121 Å². The quantitative estimate of drug-likeness (QED) is 0.179. The molecule has 0 N–H and O–H groups in total. The van der Waals surface area contributed by atoms with Crippen LogP contribution in [-0.4, -0.2) is 9.13 Å². The van der Waals surface area contributed by atoms with Gasteiger partial charge in [-0.1, -0.05) is 127 Å². The summed E-state index contributed by atoms with van der Waals surface area (Å²) >= 11 is 0. The zero-order chi connectivity index (χ0) is 34.4. The molecule has 1 aliphatic rings. The van der Waals surface area contributed by atoms with Gasteiger partial charge in [-0.15, -0.1) is 0 Å². The second-order valence-corrected chi connectivity index (χ2v) is 14.5. The van der Waals surface area contributed by atoms with Crippen molar-refractivity contribution in [3.05, 3.63) is 170 Å². The fourth-order valence-electron chi connectivity index (χ4n) is 9.58. The Hall–Kier alpha value is -7.10. The number of aromatic nitrogens is 2. The second kappa shape index (κ2) is 9.81. The molecule has 1 aliphatic carbocycles. The van der Waals surface area contributed by atoms with Gasteiger partial charge >= 0.3 is 0 Å². The minimum atomic E-state index is 0.901. The van der Waals surface area contributed by atoms with Crippen LogP contribution in [0.3, 0.4) is 0 Å². The van der Waals surface area contributed by atoms with Gasteiger partial charge in [0.1, 0.15) is 5.58 Å². The predicted molar refractivity (Wildman–Crippen MR) is 222 cm³/mol. The average molecular weight is 673 g/mol. The van der Waals surface area contributed by atoms with Crippen LogP contribution < -0.4 is 0 Å². The number of furan rings is 1. The first kappa shape index (κ1) is 27.6. The van der Waals surface area contributed by atoms with Crippen molar-refractivity contribution in [1.82, 2.24) is 9.13 Å². The maximum absolute atomic E-state index is 6.82. The minimum Gasteiger partial charge on any atom is -0.454 e. The van der Waals surface area contributed by atoms with E-state index in [1.807, 2.05) is 0 Å². The molecule has 0 amide bonds. The first-order valence-electron chi connectivity index (χ1n) is 18.3. The van der Waals surface area contributed by atoms with Gasteiger partial charge in [0.05, 0.1) is 22.1 Å². The summed E-state index contributed by atoms with van der Waals surface area (Å²) in [4.78, 5) is 0. The van der Waals surface area contributed by atoms with E-state index in [0.717, 1.165) is 38.8 Å². The molecule has 53 heavy (non-hydrogen) atoms. The molecule has 0 radical (unpaired) electrons. The normalized spacial score (nSPS) is 12.5. The van der Waals surface area contributed by atoms with E-state index in [0.29, 0.717) is 0 Å². The highest BCUT2D eigenvalue weighted by Gasteiger charge is 2.26. The Morgan fingerprint density at radius 1 is 0.340 bits per heavy atom. The van der Waals surface area contributed by atoms with Crippen LogP contribution in [0.4, 0.5) is 0 Å². The molecular weight excluding hydrogens is 645 g/mol. The SMILES string of the molecule is c1ccc2c(c1)-c1cccc3cc(-n4c5ccccc5c5ccc6c7ccc8c9ccccc9oc8c7n(-c7ccc8ccccc8c7)c6c54)cc-2c13. The third-order valence-corrected chi connectivity index (χ3v) is 11.8. The van der Waals surface area contributed by atoms with Gasteiger partial charge < -0.3 is 13.6 Å². The van der Waals surface area contributed by atoms with Gasteiger partial charge in [0, 0.05) is 43.7 Å². The standard InChI is InChI=1S/C50H28N2O/c1-2-11-30-26-32(21-20-29(30)10-1)52-48-40(41-24-25-42-37-16-6-8-19-45(37)53-50(42)49(41)52)23-22-39-36-15-5-7-18-44(36)51(47(39)48)33-27-31-12-9-17-38-34-13-3-4-14-35(34)43(28-33)46(31)38/h1-28H. The summed E-state index contributed by atoms with van der Waals surface area (Å²) in [6.45, 7) is 0. The summed E-state index contributed by atoms with van der Waals surface area (Å²) < 4.78 is 11.8. The highest BCUT2D eigenvalue weighted by atomic mass is 16.3. The predicted octanol–water partition coefficient (Wildman–Crippen LogP) is 13.7. The molecule has 9 aromatic carbocycles. The van der Waals surface area contributed by atoms with Crippen molar-refractivity contribution in [1.29, 1.82) is 0 Å². The van der Waals surface area contributed by atoms with Crippen LogP contribution in [0.15, 0.2) is 174 Å². The molecule has 13 rings (SSSR count). The number of fused-ring (bicyclic) bond motifs is 15. The van der Waals surface area contributed by atoms with Gasteiger partial charge in [0.25, 0.3) is 0 Å². The van der Waals surface area contributed by atoms with Crippen molar-refractivity contribution in [2.75, 3.05) is 0 Å². The fourth-order valence-corrected chi connectivity index (χ4v) is 9.58. The fraction of sp³-hybridized carbons (Fsp3) is 0. The highest BCUT2D eigenvalue weighted by molar-refractivity contribution is 6.28. The zero-order valence-corrected chi connectivity index (χ0v) is 28.5. The van der Waals surface area contributed by atoms with Crippen LogP contribution >= 0.6 is 0 Å².